The van der Waals surface area contributed by atoms with E-state index in [1.807, 2.05) is 0 Å². The highest BCUT2D eigenvalue weighted by Gasteiger charge is 2.41. The normalized spacial score (nSPS) is 19.9. The van der Waals surface area contributed by atoms with Crippen molar-refractivity contribution in [3.8, 4) is 0 Å². The van der Waals surface area contributed by atoms with Crippen LogP contribution in [-0.2, 0) is 9.59 Å². The van der Waals surface area contributed by atoms with Crippen molar-refractivity contribution in [3.05, 3.63) is 70.4 Å². The van der Waals surface area contributed by atoms with Crippen molar-refractivity contribution in [3.63, 3.8) is 0 Å². The molecule has 0 aromatic heterocycles. The molecule has 38 heavy (non-hydrogen) atoms. The molecule has 0 aromatic rings. The van der Waals surface area contributed by atoms with Gasteiger partial charge in [0, 0.05) is 0 Å². The van der Waals surface area contributed by atoms with E-state index in [-0.39, 0.29) is 5.92 Å². The first-order chi connectivity index (χ1) is 17.9. The number of rotatable bonds is 17. The standard InChI is InChI=1S/C34H52O4/c1-24(2)12-8-14-26(5)16-10-17-28(7)20-21-30-22-29(23-31(33(35)36)32(30)34(37)38)19-11-18-27(6)15-9-13-25(3)4/h12-13,16,18,22,30-32H,7-11,14-15,17,19-21,23H2,1-6H3,(H,35,36)(H,37,38)/b26-16+,27-18+/t30-,31-,32-/m1/s1. The lowest BCUT2D eigenvalue weighted by molar-refractivity contribution is -0.156. The average Bonchev–Trinajstić information content (AvgIpc) is 2.81. The Morgan fingerprint density at radius 1 is 0.789 bits per heavy atom. The molecule has 1 rings (SSSR count). The molecule has 0 radical (unpaired) electrons. The molecule has 0 spiro atoms. The molecule has 1 aliphatic rings. The van der Waals surface area contributed by atoms with E-state index in [2.05, 4.69) is 78.5 Å². The molecule has 2 N–H and O–H groups in total. The Kier molecular flexibility index (Phi) is 15.7. The molecular weight excluding hydrogens is 472 g/mol. The monoisotopic (exact) mass is 524 g/mol. The zero-order valence-corrected chi connectivity index (χ0v) is 24.8. The van der Waals surface area contributed by atoms with Crippen LogP contribution < -0.4 is 0 Å². The van der Waals surface area contributed by atoms with Gasteiger partial charge in [-0.15, -0.1) is 0 Å². The summed E-state index contributed by atoms with van der Waals surface area (Å²) in [6, 6.07) is 0. The van der Waals surface area contributed by atoms with Crippen LogP contribution in [0.3, 0.4) is 0 Å². The third kappa shape index (κ3) is 13.8. The van der Waals surface area contributed by atoms with E-state index in [9.17, 15) is 19.8 Å². The molecule has 0 amide bonds. The van der Waals surface area contributed by atoms with Crippen molar-refractivity contribution in [1.82, 2.24) is 0 Å². The van der Waals surface area contributed by atoms with Crippen molar-refractivity contribution < 1.29 is 19.8 Å². The third-order valence-electron chi connectivity index (χ3n) is 7.39. The molecule has 0 fully saturated rings. The Hall–Kier alpha value is -2.62. The van der Waals surface area contributed by atoms with Crippen LogP contribution >= 0.6 is 0 Å². The maximum Gasteiger partial charge on any atom is 0.307 e. The van der Waals surface area contributed by atoms with E-state index in [1.54, 1.807) is 0 Å². The third-order valence-corrected chi connectivity index (χ3v) is 7.39. The average molecular weight is 525 g/mol. The fourth-order valence-electron chi connectivity index (χ4n) is 5.13. The molecule has 1 aliphatic carbocycles. The fourth-order valence-corrected chi connectivity index (χ4v) is 5.13. The van der Waals surface area contributed by atoms with E-state index >= 15 is 0 Å². The molecule has 4 nitrogen and oxygen atoms in total. The Labute approximate surface area is 232 Å². The van der Waals surface area contributed by atoms with Gasteiger partial charge in [0.2, 0.25) is 0 Å². The molecule has 0 bridgehead atoms. The number of allylic oxidation sites excluding steroid dienone is 11. The van der Waals surface area contributed by atoms with Gasteiger partial charge in [-0.3, -0.25) is 9.59 Å². The van der Waals surface area contributed by atoms with Crippen LogP contribution in [0.5, 0.6) is 0 Å². The molecule has 4 heteroatoms. The van der Waals surface area contributed by atoms with E-state index in [0.29, 0.717) is 12.8 Å². The molecular formula is C34H52O4. The molecule has 0 aliphatic heterocycles. The van der Waals surface area contributed by atoms with Crippen LogP contribution in [0.25, 0.3) is 0 Å². The van der Waals surface area contributed by atoms with Gasteiger partial charge in [-0.1, -0.05) is 70.4 Å². The maximum absolute atomic E-state index is 12.1. The summed E-state index contributed by atoms with van der Waals surface area (Å²) in [5.74, 6) is -4.05. The summed E-state index contributed by atoms with van der Waals surface area (Å²) < 4.78 is 0. The topological polar surface area (TPSA) is 74.6 Å². The van der Waals surface area contributed by atoms with Gasteiger partial charge in [0.1, 0.15) is 0 Å². The summed E-state index contributed by atoms with van der Waals surface area (Å²) in [4.78, 5) is 24.2. The number of carboxylic acids is 2. The molecule has 0 heterocycles. The van der Waals surface area contributed by atoms with E-state index in [4.69, 9.17) is 0 Å². The van der Waals surface area contributed by atoms with Gasteiger partial charge in [0.25, 0.3) is 0 Å². The smallest absolute Gasteiger partial charge is 0.307 e. The number of hydrogen-bond acceptors (Lipinski definition) is 2. The van der Waals surface area contributed by atoms with Gasteiger partial charge in [-0.05, 0) is 118 Å². The minimum Gasteiger partial charge on any atom is -0.481 e. The minimum atomic E-state index is -1.01. The van der Waals surface area contributed by atoms with E-state index < -0.39 is 23.8 Å². The Morgan fingerprint density at radius 3 is 1.82 bits per heavy atom. The molecule has 0 aromatic carbocycles. The van der Waals surface area contributed by atoms with Crippen molar-refractivity contribution in [2.24, 2.45) is 17.8 Å². The second-order valence-corrected chi connectivity index (χ2v) is 11.6. The van der Waals surface area contributed by atoms with Gasteiger partial charge >= 0.3 is 11.9 Å². The van der Waals surface area contributed by atoms with E-state index in [0.717, 1.165) is 68.9 Å². The lowest BCUT2D eigenvalue weighted by atomic mass is 9.70. The van der Waals surface area contributed by atoms with Gasteiger partial charge in [-0.25, -0.2) is 0 Å². The summed E-state index contributed by atoms with van der Waals surface area (Å²) in [5, 5.41) is 19.8. The van der Waals surface area contributed by atoms with Crippen molar-refractivity contribution in [2.75, 3.05) is 0 Å². The Balaban J connectivity index is 2.77. The second kappa shape index (κ2) is 17.8. The predicted molar refractivity (Wildman–Crippen MR) is 160 cm³/mol. The zero-order chi connectivity index (χ0) is 28.7. The Morgan fingerprint density at radius 2 is 1.32 bits per heavy atom. The van der Waals surface area contributed by atoms with Crippen LogP contribution in [0, 0.1) is 17.8 Å². The maximum atomic E-state index is 12.1. The van der Waals surface area contributed by atoms with Crippen LogP contribution in [0.4, 0.5) is 0 Å². The SMILES string of the molecule is C=C(CC/C=C(\C)CCC=C(C)C)CC[C@@H]1C=C(CC/C=C(\C)CCC=C(C)C)C[C@@H](C(=O)O)[C@@H]1C(=O)O. The molecule has 3 atom stereocenters. The quantitative estimate of drug-likeness (QED) is 0.186. The van der Waals surface area contributed by atoms with Gasteiger partial charge in [0.15, 0.2) is 0 Å². The highest BCUT2D eigenvalue weighted by Crippen LogP contribution is 2.39. The largest absolute Gasteiger partial charge is 0.481 e. The van der Waals surface area contributed by atoms with Crippen molar-refractivity contribution in [1.29, 1.82) is 0 Å². The number of aliphatic carboxylic acids is 2. The summed E-state index contributed by atoms with van der Waals surface area (Å²) in [6.07, 6.45) is 20.4. The van der Waals surface area contributed by atoms with Crippen molar-refractivity contribution >= 4 is 11.9 Å². The molecule has 0 saturated carbocycles. The van der Waals surface area contributed by atoms with Crippen LogP contribution in [0.2, 0.25) is 0 Å². The lowest BCUT2D eigenvalue weighted by Gasteiger charge is -2.33. The summed E-state index contributed by atoms with van der Waals surface area (Å²) >= 11 is 0. The van der Waals surface area contributed by atoms with Crippen molar-refractivity contribution in [2.45, 2.75) is 112 Å². The molecule has 212 valence electrons. The van der Waals surface area contributed by atoms with Crippen LogP contribution in [0.15, 0.2) is 70.4 Å². The van der Waals surface area contributed by atoms with Crippen LogP contribution in [0.1, 0.15) is 112 Å². The zero-order valence-electron chi connectivity index (χ0n) is 24.8. The summed E-state index contributed by atoms with van der Waals surface area (Å²) in [7, 11) is 0. The van der Waals surface area contributed by atoms with Crippen LogP contribution in [-0.4, -0.2) is 22.2 Å². The fraction of sp³-hybridized carbons (Fsp3) is 0.588. The number of carbonyl (C=O) groups is 2. The summed E-state index contributed by atoms with van der Waals surface area (Å²) in [5.41, 5.74) is 7.57. The van der Waals surface area contributed by atoms with E-state index in [1.165, 1.54) is 22.3 Å². The highest BCUT2D eigenvalue weighted by atomic mass is 16.4. The second-order valence-electron chi connectivity index (χ2n) is 11.6. The molecule has 0 saturated heterocycles. The first kappa shape index (κ1) is 33.4. The lowest BCUT2D eigenvalue weighted by Crippen LogP contribution is -2.38. The van der Waals surface area contributed by atoms with Gasteiger partial charge in [-0.2, -0.15) is 0 Å². The Bertz CT molecular complexity index is 949. The van der Waals surface area contributed by atoms with Gasteiger partial charge < -0.3 is 10.2 Å². The first-order valence-corrected chi connectivity index (χ1v) is 14.3. The minimum absolute atomic E-state index is 0.279. The first-order valence-electron chi connectivity index (χ1n) is 14.3. The van der Waals surface area contributed by atoms with Gasteiger partial charge in [0.05, 0.1) is 11.8 Å². The molecule has 0 unspecified atom stereocenters. The number of hydrogen-bond donors (Lipinski definition) is 2. The number of carboxylic acid groups (broad SMARTS) is 2. The highest BCUT2D eigenvalue weighted by molar-refractivity contribution is 5.81. The summed E-state index contributed by atoms with van der Waals surface area (Å²) in [6.45, 7) is 17.0. The predicted octanol–water partition coefficient (Wildman–Crippen LogP) is 9.62.